The van der Waals surface area contributed by atoms with Gasteiger partial charge in [-0.1, -0.05) is 64.2 Å². The van der Waals surface area contributed by atoms with Crippen molar-refractivity contribution in [2.75, 3.05) is 26.5 Å². The lowest BCUT2D eigenvalue weighted by molar-refractivity contribution is 0.183. The molecule has 0 spiro atoms. The fourth-order valence-corrected chi connectivity index (χ4v) is 2.63. The molecule has 4 heteroatoms. The molecule has 0 saturated carbocycles. The summed E-state index contributed by atoms with van der Waals surface area (Å²) in [5.41, 5.74) is 0. The minimum absolute atomic E-state index is 0. The number of hydrogen-bond donors (Lipinski definition) is 1. The molecule has 0 radical (unpaired) electrons. The van der Waals surface area contributed by atoms with Crippen molar-refractivity contribution < 1.29 is 5.11 Å². The summed E-state index contributed by atoms with van der Waals surface area (Å²) in [6, 6.07) is 0. The van der Waals surface area contributed by atoms with E-state index in [-0.39, 0.29) is 18.5 Å². The second-order valence-corrected chi connectivity index (χ2v) is 6.60. The predicted molar refractivity (Wildman–Crippen MR) is 97.9 cm³/mol. The number of alkyl halides is 1. The van der Waals surface area contributed by atoms with Crippen LogP contribution in [0.1, 0.15) is 77.0 Å². The molecule has 0 aromatic rings. The summed E-state index contributed by atoms with van der Waals surface area (Å²) in [4.78, 5) is 2.27. The molecule has 0 rings (SSSR count). The highest BCUT2D eigenvalue weighted by atomic mass is 35.5. The molecular weight excluding hydrogens is 305 g/mol. The molecule has 0 amide bonds. The van der Waals surface area contributed by atoms with Gasteiger partial charge in [0.05, 0.1) is 6.10 Å². The van der Waals surface area contributed by atoms with Crippen LogP contribution in [0.15, 0.2) is 0 Å². The molecule has 0 aromatic carbocycles. The Morgan fingerprint density at radius 2 is 1.14 bits per heavy atom. The van der Waals surface area contributed by atoms with Gasteiger partial charge in [-0.15, -0.1) is 24.0 Å². The molecule has 0 aliphatic heterocycles. The molecule has 1 atom stereocenters. The van der Waals surface area contributed by atoms with Crippen molar-refractivity contribution in [1.82, 2.24) is 4.90 Å². The third-order valence-electron chi connectivity index (χ3n) is 3.82. The van der Waals surface area contributed by atoms with Crippen LogP contribution in [-0.2, 0) is 0 Å². The van der Waals surface area contributed by atoms with Gasteiger partial charge in [0, 0.05) is 5.88 Å². The summed E-state index contributed by atoms with van der Waals surface area (Å²) in [6.07, 6.45) is 15.4. The lowest BCUT2D eigenvalue weighted by atomic mass is 10.0. The van der Waals surface area contributed by atoms with Crippen molar-refractivity contribution in [2.24, 2.45) is 0 Å². The molecule has 0 aromatic heterocycles. The van der Waals surface area contributed by atoms with Crippen molar-refractivity contribution in [2.45, 2.75) is 83.2 Å². The van der Waals surface area contributed by atoms with Gasteiger partial charge in [0.15, 0.2) is 0 Å². The van der Waals surface area contributed by atoms with Crippen LogP contribution in [0.3, 0.4) is 0 Å². The summed E-state index contributed by atoms with van der Waals surface area (Å²) < 4.78 is 0. The molecule has 130 valence electrons. The van der Waals surface area contributed by atoms with Gasteiger partial charge in [-0.05, 0) is 33.5 Å². The normalized spacial score (nSPS) is 12.4. The molecule has 0 aliphatic carbocycles. The van der Waals surface area contributed by atoms with Gasteiger partial charge in [-0.25, -0.2) is 0 Å². The zero-order valence-electron chi connectivity index (χ0n) is 14.2. The van der Waals surface area contributed by atoms with E-state index in [1.54, 1.807) is 0 Å². The SMILES string of the molecule is CN(C)CCCCCCCCCCCCCC(O)CCl.Cl. The van der Waals surface area contributed by atoms with Crippen LogP contribution >= 0.6 is 24.0 Å². The average molecular weight is 342 g/mol. The van der Waals surface area contributed by atoms with Gasteiger partial charge in [0.2, 0.25) is 0 Å². The van der Waals surface area contributed by atoms with Crippen LogP contribution in [0, 0.1) is 0 Å². The molecule has 0 fully saturated rings. The van der Waals surface area contributed by atoms with E-state index in [1.807, 2.05) is 0 Å². The topological polar surface area (TPSA) is 23.5 Å². The van der Waals surface area contributed by atoms with Crippen LogP contribution in [0.4, 0.5) is 0 Å². The van der Waals surface area contributed by atoms with Crippen LogP contribution < -0.4 is 0 Å². The number of aliphatic hydroxyl groups excluding tert-OH is 1. The van der Waals surface area contributed by atoms with Gasteiger partial charge in [0.25, 0.3) is 0 Å². The second-order valence-electron chi connectivity index (χ2n) is 6.29. The first kappa shape index (κ1) is 23.8. The summed E-state index contributed by atoms with van der Waals surface area (Å²) >= 11 is 5.56. The average Bonchev–Trinajstić information content (AvgIpc) is 2.43. The molecule has 21 heavy (non-hydrogen) atoms. The Morgan fingerprint density at radius 3 is 1.52 bits per heavy atom. The van der Waals surface area contributed by atoms with Gasteiger partial charge < -0.3 is 10.0 Å². The largest absolute Gasteiger partial charge is 0.392 e. The minimum atomic E-state index is -0.288. The number of rotatable bonds is 15. The van der Waals surface area contributed by atoms with E-state index in [1.165, 1.54) is 70.8 Å². The first-order valence-electron chi connectivity index (χ1n) is 8.55. The van der Waals surface area contributed by atoms with E-state index < -0.39 is 0 Å². The fraction of sp³-hybridized carbons (Fsp3) is 1.00. The maximum atomic E-state index is 9.32. The number of halogens is 2. The fourth-order valence-electron chi connectivity index (χ4n) is 2.48. The highest BCUT2D eigenvalue weighted by Crippen LogP contribution is 2.12. The van der Waals surface area contributed by atoms with Crippen molar-refractivity contribution in [1.29, 1.82) is 0 Å². The maximum Gasteiger partial charge on any atom is 0.0675 e. The standard InChI is InChI=1S/C17H36ClNO.ClH/c1-19(2)15-13-11-9-7-5-3-4-6-8-10-12-14-17(20)16-18;/h17,20H,3-16H2,1-2H3;1H. The lowest BCUT2D eigenvalue weighted by Crippen LogP contribution is -2.12. The van der Waals surface area contributed by atoms with Crippen molar-refractivity contribution in [3.63, 3.8) is 0 Å². The Bertz CT molecular complexity index is 192. The molecule has 1 N–H and O–H groups in total. The van der Waals surface area contributed by atoms with Crippen molar-refractivity contribution in [3.8, 4) is 0 Å². The predicted octanol–water partition coefficient (Wildman–Crippen LogP) is 5.25. The molecule has 2 nitrogen and oxygen atoms in total. The van der Waals surface area contributed by atoms with E-state index >= 15 is 0 Å². The highest BCUT2D eigenvalue weighted by molar-refractivity contribution is 6.18. The summed E-state index contributed by atoms with van der Waals surface area (Å²) in [6.45, 7) is 1.23. The Balaban J connectivity index is 0. The Kier molecular flexibility index (Phi) is 21.0. The van der Waals surface area contributed by atoms with Gasteiger partial charge in [-0.2, -0.15) is 0 Å². The zero-order valence-corrected chi connectivity index (χ0v) is 15.7. The minimum Gasteiger partial charge on any atom is -0.392 e. The second kappa shape index (κ2) is 18.5. The summed E-state index contributed by atoms with van der Waals surface area (Å²) in [5.74, 6) is 0.383. The third-order valence-corrected chi connectivity index (χ3v) is 4.18. The van der Waals surface area contributed by atoms with Gasteiger partial charge >= 0.3 is 0 Å². The Labute approximate surface area is 144 Å². The van der Waals surface area contributed by atoms with E-state index in [2.05, 4.69) is 19.0 Å². The van der Waals surface area contributed by atoms with Gasteiger partial charge in [0.1, 0.15) is 0 Å². The van der Waals surface area contributed by atoms with Gasteiger partial charge in [-0.3, -0.25) is 0 Å². The number of aliphatic hydroxyl groups is 1. The van der Waals surface area contributed by atoms with Crippen LogP contribution in [0.2, 0.25) is 0 Å². The highest BCUT2D eigenvalue weighted by Gasteiger charge is 2.00. The number of hydrogen-bond acceptors (Lipinski definition) is 2. The molecule has 0 aliphatic rings. The quantitative estimate of drug-likeness (QED) is 0.324. The smallest absolute Gasteiger partial charge is 0.0675 e. The summed E-state index contributed by atoms with van der Waals surface area (Å²) in [5, 5.41) is 9.32. The number of nitrogens with zero attached hydrogens (tertiary/aromatic N) is 1. The molecule has 0 bridgehead atoms. The Hall–Kier alpha value is 0.500. The molecule has 1 unspecified atom stereocenters. The first-order valence-corrected chi connectivity index (χ1v) is 9.09. The van der Waals surface area contributed by atoms with E-state index in [9.17, 15) is 5.11 Å². The van der Waals surface area contributed by atoms with Crippen LogP contribution in [-0.4, -0.2) is 42.6 Å². The maximum absolute atomic E-state index is 9.32. The molecule has 0 heterocycles. The van der Waals surface area contributed by atoms with Crippen LogP contribution in [0.25, 0.3) is 0 Å². The van der Waals surface area contributed by atoms with Crippen molar-refractivity contribution in [3.05, 3.63) is 0 Å². The Morgan fingerprint density at radius 1 is 0.762 bits per heavy atom. The van der Waals surface area contributed by atoms with E-state index in [4.69, 9.17) is 11.6 Å². The third kappa shape index (κ3) is 20.5. The summed E-state index contributed by atoms with van der Waals surface area (Å²) in [7, 11) is 4.30. The monoisotopic (exact) mass is 341 g/mol. The van der Waals surface area contributed by atoms with Crippen molar-refractivity contribution >= 4 is 24.0 Å². The number of unbranched alkanes of at least 4 members (excludes halogenated alkanes) is 10. The van der Waals surface area contributed by atoms with E-state index in [0.29, 0.717) is 5.88 Å². The zero-order chi connectivity index (χ0) is 15.1. The van der Waals surface area contributed by atoms with Crippen LogP contribution in [0.5, 0.6) is 0 Å². The molecular formula is C17H37Cl2NO. The first-order chi connectivity index (χ1) is 9.66. The molecule has 0 saturated heterocycles. The van der Waals surface area contributed by atoms with E-state index in [0.717, 1.165) is 12.8 Å². The lowest BCUT2D eigenvalue weighted by Gasteiger charge is -2.08.